The number of carbonyl (C=O) groups excluding carboxylic acids is 2. The minimum absolute atomic E-state index is 0.0513. The molecule has 156 valence electrons. The van der Waals surface area contributed by atoms with Crippen LogP contribution in [0.3, 0.4) is 0 Å². The van der Waals surface area contributed by atoms with Gasteiger partial charge in [-0.25, -0.2) is 9.97 Å². The van der Waals surface area contributed by atoms with Crippen LogP contribution in [0.4, 0.5) is 5.69 Å². The maximum absolute atomic E-state index is 13.2. The number of benzene rings is 2. The van der Waals surface area contributed by atoms with Gasteiger partial charge in [0, 0.05) is 23.1 Å². The van der Waals surface area contributed by atoms with Crippen molar-refractivity contribution in [2.24, 2.45) is 0 Å². The Morgan fingerprint density at radius 2 is 1.65 bits per heavy atom. The molecule has 7 nitrogen and oxygen atoms in total. The average molecular weight is 433 g/mol. The van der Waals surface area contributed by atoms with E-state index in [1.54, 1.807) is 12.1 Å². The Morgan fingerprint density at radius 1 is 0.935 bits per heavy atom. The Labute approximate surface area is 183 Å². The lowest BCUT2D eigenvalue weighted by molar-refractivity contribution is -0.137. The van der Waals surface area contributed by atoms with Gasteiger partial charge in [-0.15, -0.1) is 0 Å². The van der Waals surface area contributed by atoms with Crippen molar-refractivity contribution in [2.75, 3.05) is 5.32 Å². The molecule has 0 unspecified atom stereocenters. The summed E-state index contributed by atoms with van der Waals surface area (Å²) in [5.74, 6) is -0.802. The quantitative estimate of drug-likeness (QED) is 0.452. The molecule has 2 aromatic carbocycles. The number of phenolic OH excluding ortho intramolecular Hbond substituents is 1. The number of thioether (sulfide) groups is 1. The van der Waals surface area contributed by atoms with Crippen LogP contribution in [0.1, 0.15) is 17.0 Å². The molecule has 4 rings (SSSR count). The molecule has 0 bridgehead atoms. The van der Waals surface area contributed by atoms with Gasteiger partial charge in [-0.3, -0.25) is 14.5 Å². The van der Waals surface area contributed by atoms with Crippen LogP contribution < -0.4 is 5.32 Å². The number of aromatic nitrogens is 2. The number of hydrogen-bond acceptors (Lipinski definition) is 7. The molecule has 0 saturated heterocycles. The monoisotopic (exact) mass is 432 g/mol. The Bertz CT molecular complexity index is 1170. The fraction of sp³-hybridized carbons (Fsp3) is 0.130. The number of nitrogens with zero attached hydrogens (tertiary/aromatic N) is 3. The molecule has 2 amide bonds. The van der Waals surface area contributed by atoms with Gasteiger partial charge < -0.3 is 10.4 Å². The Morgan fingerprint density at radius 3 is 2.32 bits per heavy atom. The second kappa shape index (κ2) is 8.61. The first kappa shape index (κ1) is 20.6. The number of hydrogen-bond donors (Lipinski definition) is 2. The highest BCUT2D eigenvalue weighted by atomic mass is 32.2. The van der Waals surface area contributed by atoms with Gasteiger partial charge in [0.15, 0.2) is 5.16 Å². The van der Waals surface area contributed by atoms with Crippen LogP contribution >= 0.6 is 11.8 Å². The van der Waals surface area contributed by atoms with Crippen LogP contribution in [0.15, 0.2) is 76.4 Å². The molecular formula is C23H20N4O3S. The van der Waals surface area contributed by atoms with Crippen molar-refractivity contribution in [1.82, 2.24) is 14.9 Å². The van der Waals surface area contributed by atoms with Crippen molar-refractivity contribution in [1.29, 1.82) is 0 Å². The smallest absolute Gasteiger partial charge is 0.278 e. The molecule has 1 aliphatic heterocycles. The minimum atomic E-state index is -0.441. The molecular weight excluding hydrogens is 412 g/mol. The number of amides is 2. The van der Waals surface area contributed by atoms with Gasteiger partial charge in [-0.2, -0.15) is 0 Å². The van der Waals surface area contributed by atoms with Crippen LogP contribution in [-0.4, -0.2) is 31.8 Å². The number of carbonyl (C=O) groups is 2. The van der Waals surface area contributed by atoms with Crippen molar-refractivity contribution in [2.45, 2.75) is 25.5 Å². The second-order valence-electron chi connectivity index (χ2n) is 7.10. The van der Waals surface area contributed by atoms with E-state index in [1.807, 2.05) is 50.2 Å². The van der Waals surface area contributed by atoms with Crippen molar-refractivity contribution in [3.63, 3.8) is 0 Å². The largest absolute Gasteiger partial charge is 0.508 e. The molecule has 2 heterocycles. The molecule has 1 aromatic heterocycles. The third-order valence-electron chi connectivity index (χ3n) is 4.58. The summed E-state index contributed by atoms with van der Waals surface area (Å²) in [7, 11) is 0. The Balaban J connectivity index is 1.70. The average Bonchev–Trinajstić information content (AvgIpc) is 2.93. The Kier molecular flexibility index (Phi) is 5.73. The standard InChI is InChI=1S/C23H20N4O3S/c1-14-11-15(2)25-23(24-14)31-20-19(26-17-9-6-10-18(28)12-17)21(29)27(22(20)30)13-16-7-4-3-5-8-16/h3-12,26,28H,13H2,1-2H3. The number of anilines is 1. The van der Waals surface area contributed by atoms with Gasteiger partial charge in [0.2, 0.25) is 0 Å². The molecule has 0 aliphatic carbocycles. The molecule has 0 saturated carbocycles. The molecule has 0 fully saturated rings. The van der Waals surface area contributed by atoms with Crippen molar-refractivity contribution < 1.29 is 14.7 Å². The van der Waals surface area contributed by atoms with E-state index in [4.69, 9.17) is 0 Å². The lowest BCUT2D eigenvalue weighted by atomic mass is 10.2. The molecule has 1 aliphatic rings. The lowest BCUT2D eigenvalue weighted by Gasteiger charge is -2.15. The predicted molar refractivity (Wildman–Crippen MR) is 118 cm³/mol. The summed E-state index contributed by atoms with van der Waals surface area (Å²) < 4.78 is 0. The summed E-state index contributed by atoms with van der Waals surface area (Å²) >= 11 is 1.06. The maximum atomic E-state index is 13.2. The summed E-state index contributed by atoms with van der Waals surface area (Å²) in [5.41, 5.74) is 3.03. The first-order valence-corrected chi connectivity index (χ1v) is 10.4. The number of rotatable bonds is 6. The van der Waals surface area contributed by atoms with Gasteiger partial charge in [0.1, 0.15) is 16.4 Å². The van der Waals surface area contributed by atoms with E-state index in [2.05, 4.69) is 15.3 Å². The van der Waals surface area contributed by atoms with E-state index in [-0.39, 0.29) is 22.9 Å². The first-order valence-electron chi connectivity index (χ1n) is 9.61. The fourth-order valence-corrected chi connectivity index (χ4v) is 4.23. The number of aromatic hydroxyl groups is 1. The van der Waals surface area contributed by atoms with E-state index in [9.17, 15) is 14.7 Å². The van der Waals surface area contributed by atoms with Gasteiger partial charge in [0.25, 0.3) is 11.8 Å². The number of phenols is 1. The molecule has 2 N–H and O–H groups in total. The summed E-state index contributed by atoms with van der Waals surface area (Å²) in [6.45, 7) is 3.85. The zero-order valence-electron chi connectivity index (χ0n) is 17.0. The molecule has 3 aromatic rings. The van der Waals surface area contributed by atoms with E-state index in [1.165, 1.54) is 17.0 Å². The van der Waals surface area contributed by atoms with E-state index < -0.39 is 11.8 Å². The second-order valence-corrected chi connectivity index (χ2v) is 8.07. The maximum Gasteiger partial charge on any atom is 0.278 e. The summed E-state index contributed by atoms with van der Waals surface area (Å²) in [6.07, 6.45) is 0. The zero-order valence-corrected chi connectivity index (χ0v) is 17.8. The summed E-state index contributed by atoms with van der Waals surface area (Å²) in [5, 5.41) is 13.2. The summed E-state index contributed by atoms with van der Waals surface area (Å²) in [4.78, 5) is 36.7. The fourth-order valence-electron chi connectivity index (χ4n) is 3.23. The summed E-state index contributed by atoms with van der Waals surface area (Å²) in [6, 6.07) is 17.5. The van der Waals surface area contributed by atoms with Crippen LogP contribution in [0.25, 0.3) is 0 Å². The van der Waals surface area contributed by atoms with Crippen molar-refractivity contribution >= 4 is 29.3 Å². The van der Waals surface area contributed by atoms with E-state index in [0.29, 0.717) is 10.8 Å². The number of nitrogens with one attached hydrogen (secondary N) is 1. The van der Waals surface area contributed by atoms with E-state index >= 15 is 0 Å². The van der Waals surface area contributed by atoms with Gasteiger partial charge in [-0.1, -0.05) is 36.4 Å². The van der Waals surface area contributed by atoms with Crippen LogP contribution in [0.5, 0.6) is 5.75 Å². The van der Waals surface area contributed by atoms with Crippen molar-refractivity contribution in [3.05, 3.63) is 88.2 Å². The highest BCUT2D eigenvalue weighted by Gasteiger charge is 2.39. The predicted octanol–water partition coefficient (Wildman–Crippen LogP) is 3.78. The van der Waals surface area contributed by atoms with Gasteiger partial charge >= 0.3 is 0 Å². The SMILES string of the molecule is Cc1cc(C)nc(SC2=C(Nc3cccc(O)c3)C(=O)N(Cc3ccccc3)C2=O)n1. The highest BCUT2D eigenvalue weighted by molar-refractivity contribution is 8.04. The topological polar surface area (TPSA) is 95.4 Å². The molecule has 8 heteroatoms. The zero-order chi connectivity index (χ0) is 22.0. The van der Waals surface area contributed by atoms with Crippen LogP contribution in [0, 0.1) is 13.8 Å². The number of imide groups is 1. The number of aryl methyl sites for hydroxylation is 2. The van der Waals surface area contributed by atoms with Gasteiger partial charge in [-0.05, 0) is 49.4 Å². The molecule has 0 atom stereocenters. The molecule has 0 radical (unpaired) electrons. The lowest BCUT2D eigenvalue weighted by Crippen LogP contribution is -2.31. The third kappa shape index (κ3) is 4.59. The minimum Gasteiger partial charge on any atom is -0.508 e. The highest BCUT2D eigenvalue weighted by Crippen LogP contribution is 2.35. The van der Waals surface area contributed by atoms with E-state index in [0.717, 1.165) is 28.7 Å². The molecule has 31 heavy (non-hydrogen) atoms. The molecule has 0 spiro atoms. The normalized spacial score (nSPS) is 13.8. The van der Waals surface area contributed by atoms with Crippen molar-refractivity contribution in [3.8, 4) is 5.75 Å². The van der Waals surface area contributed by atoms with Gasteiger partial charge in [0.05, 0.1) is 6.54 Å². The Hall–Kier alpha value is -3.65. The van der Waals surface area contributed by atoms with Crippen LogP contribution in [0.2, 0.25) is 0 Å². The van der Waals surface area contributed by atoms with Crippen LogP contribution in [-0.2, 0) is 16.1 Å². The first-order chi connectivity index (χ1) is 14.9. The third-order valence-corrected chi connectivity index (χ3v) is 5.53.